The van der Waals surface area contributed by atoms with E-state index in [-0.39, 0.29) is 11.5 Å². The molecule has 0 bridgehead atoms. The fourth-order valence-electron chi connectivity index (χ4n) is 2.17. The van der Waals surface area contributed by atoms with Crippen LogP contribution in [0.5, 0.6) is 5.75 Å². The number of carboxylic acid groups (broad SMARTS) is 1. The van der Waals surface area contributed by atoms with E-state index in [2.05, 4.69) is 5.32 Å². The average Bonchev–Trinajstić information content (AvgIpc) is 2.60. The van der Waals surface area contributed by atoms with Crippen LogP contribution in [0.15, 0.2) is 53.4 Å². The smallest absolute Gasteiger partial charge is 0.336 e. The minimum atomic E-state index is -1.00. The molecule has 2 aromatic carbocycles. The van der Waals surface area contributed by atoms with E-state index in [1.807, 2.05) is 24.3 Å². The molecule has 2 rings (SSSR count). The van der Waals surface area contributed by atoms with E-state index in [0.717, 1.165) is 5.56 Å². The lowest BCUT2D eigenvalue weighted by molar-refractivity contribution is -0.120. The molecule has 24 heavy (non-hydrogen) atoms. The van der Waals surface area contributed by atoms with Crippen LogP contribution in [0.3, 0.4) is 0 Å². The van der Waals surface area contributed by atoms with E-state index in [1.165, 1.54) is 17.8 Å². The summed E-state index contributed by atoms with van der Waals surface area (Å²) in [4.78, 5) is 24.1. The molecule has 0 spiro atoms. The fraction of sp³-hybridized carbons (Fsp3) is 0.222. The molecule has 126 valence electrons. The zero-order chi connectivity index (χ0) is 17.5. The number of carbonyl (C=O) groups is 2. The molecule has 2 aromatic rings. The number of hydrogen-bond donors (Lipinski definition) is 2. The first-order valence-electron chi connectivity index (χ1n) is 7.41. The van der Waals surface area contributed by atoms with Crippen molar-refractivity contribution < 1.29 is 19.4 Å². The molecule has 1 atom stereocenters. The molecule has 0 saturated carbocycles. The Morgan fingerprint density at radius 2 is 1.83 bits per heavy atom. The Morgan fingerprint density at radius 1 is 1.17 bits per heavy atom. The van der Waals surface area contributed by atoms with Crippen LogP contribution in [0.1, 0.15) is 22.8 Å². The largest absolute Gasteiger partial charge is 0.496 e. The molecular weight excluding hydrogens is 326 g/mol. The van der Waals surface area contributed by atoms with Crippen LogP contribution in [-0.2, 0) is 11.3 Å². The topological polar surface area (TPSA) is 75.6 Å². The first-order valence-corrected chi connectivity index (χ1v) is 8.29. The van der Waals surface area contributed by atoms with Gasteiger partial charge >= 0.3 is 5.97 Å². The number of ether oxygens (including phenoxy) is 1. The zero-order valence-corrected chi connectivity index (χ0v) is 14.3. The Labute approximate surface area is 145 Å². The summed E-state index contributed by atoms with van der Waals surface area (Å²) in [5.41, 5.74) is 1.09. The number of nitrogens with one attached hydrogen (secondary N) is 1. The van der Waals surface area contributed by atoms with Gasteiger partial charge in [-0.1, -0.05) is 30.3 Å². The van der Waals surface area contributed by atoms with Gasteiger partial charge in [0.05, 0.1) is 17.9 Å². The lowest BCUT2D eigenvalue weighted by Gasteiger charge is -2.14. The Balaban J connectivity index is 1.99. The Hall–Kier alpha value is -2.47. The van der Waals surface area contributed by atoms with Crippen LogP contribution in [0.25, 0.3) is 0 Å². The molecule has 0 saturated heterocycles. The molecule has 0 aliphatic carbocycles. The highest BCUT2D eigenvalue weighted by molar-refractivity contribution is 8.00. The van der Waals surface area contributed by atoms with Crippen molar-refractivity contribution in [3.8, 4) is 5.75 Å². The van der Waals surface area contributed by atoms with Crippen LogP contribution in [0.2, 0.25) is 0 Å². The maximum Gasteiger partial charge on any atom is 0.336 e. The molecular formula is C18H19NO4S. The Kier molecular flexibility index (Phi) is 6.26. The third-order valence-corrected chi connectivity index (χ3v) is 4.61. The number of benzene rings is 2. The summed E-state index contributed by atoms with van der Waals surface area (Å²) in [6.07, 6.45) is 0. The Bertz CT molecular complexity index is 732. The second kappa shape index (κ2) is 8.40. The normalized spacial score (nSPS) is 11.6. The number of hydrogen-bond acceptors (Lipinski definition) is 4. The highest BCUT2D eigenvalue weighted by Gasteiger charge is 2.18. The van der Waals surface area contributed by atoms with Crippen molar-refractivity contribution in [2.24, 2.45) is 0 Å². The Morgan fingerprint density at radius 3 is 2.54 bits per heavy atom. The number of para-hydroxylation sites is 1. The summed E-state index contributed by atoms with van der Waals surface area (Å²) in [6, 6.07) is 14.1. The van der Waals surface area contributed by atoms with E-state index in [4.69, 9.17) is 4.74 Å². The van der Waals surface area contributed by atoms with Gasteiger partial charge in [-0.3, -0.25) is 4.79 Å². The van der Waals surface area contributed by atoms with Gasteiger partial charge in [-0.25, -0.2) is 4.79 Å². The SMILES string of the molecule is COc1ccccc1CNC(=O)[C@H](C)Sc1ccccc1C(=O)O. The summed E-state index contributed by atoms with van der Waals surface area (Å²) >= 11 is 1.23. The van der Waals surface area contributed by atoms with Gasteiger partial charge in [-0.2, -0.15) is 0 Å². The van der Waals surface area contributed by atoms with E-state index in [0.29, 0.717) is 17.2 Å². The predicted molar refractivity (Wildman–Crippen MR) is 93.6 cm³/mol. The quantitative estimate of drug-likeness (QED) is 0.754. The maximum atomic E-state index is 12.3. The molecule has 5 nitrogen and oxygen atoms in total. The number of carboxylic acids is 1. The number of thioether (sulfide) groups is 1. The highest BCUT2D eigenvalue weighted by atomic mass is 32.2. The molecule has 2 N–H and O–H groups in total. The van der Waals surface area contributed by atoms with Crippen LogP contribution in [0, 0.1) is 0 Å². The van der Waals surface area contributed by atoms with Crippen molar-refractivity contribution in [2.45, 2.75) is 23.6 Å². The third-order valence-electron chi connectivity index (χ3n) is 3.44. The van der Waals surface area contributed by atoms with Gasteiger partial charge in [0.15, 0.2) is 0 Å². The van der Waals surface area contributed by atoms with Crippen LogP contribution >= 0.6 is 11.8 Å². The van der Waals surface area contributed by atoms with Crippen molar-refractivity contribution in [3.05, 3.63) is 59.7 Å². The summed E-state index contributed by atoms with van der Waals surface area (Å²) in [7, 11) is 1.59. The van der Waals surface area contributed by atoms with Gasteiger partial charge in [-0.05, 0) is 25.1 Å². The monoisotopic (exact) mass is 345 g/mol. The maximum absolute atomic E-state index is 12.3. The molecule has 0 radical (unpaired) electrons. The number of carbonyl (C=O) groups excluding carboxylic acids is 1. The van der Waals surface area contributed by atoms with E-state index >= 15 is 0 Å². The number of rotatable bonds is 7. The predicted octanol–water partition coefficient (Wildman–Crippen LogP) is 3.19. The van der Waals surface area contributed by atoms with E-state index in [9.17, 15) is 14.7 Å². The van der Waals surface area contributed by atoms with Crippen LogP contribution in [0.4, 0.5) is 0 Å². The highest BCUT2D eigenvalue weighted by Crippen LogP contribution is 2.27. The van der Waals surface area contributed by atoms with Gasteiger partial charge in [0, 0.05) is 17.0 Å². The molecule has 1 amide bonds. The summed E-state index contributed by atoms with van der Waals surface area (Å²) in [6.45, 7) is 2.11. The van der Waals surface area contributed by atoms with Gasteiger partial charge < -0.3 is 15.2 Å². The zero-order valence-electron chi connectivity index (χ0n) is 13.5. The molecule has 0 fully saturated rings. The second-order valence-electron chi connectivity index (χ2n) is 5.09. The number of amides is 1. The van der Waals surface area contributed by atoms with Crippen molar-refractivity contribution in [2.75, 3.05) is 7.11 Å². The first kappa shape index (κ1) is 17.9. The molecule has 6 heteroatoms. The van der Waals surface area contributed by atoms with Crippen molar-refractivity contribution in [1.29, 1.82) is 0 Å². The first-order chi connectivity index (χ1) is 11.5. The van der Waals surface area contributed by atoms with Gasteiger partial charge in [0.1, 0.15) is 5.75 Å². The lowest BCUT2D eigenvalue weighted by Crippen LogP contribution is -2.30. The molecule has 0 aliphatic rings. The average molecular weight is 345 g/mol. The minimum Gasteiger partial charge on any atom is -0.496 e. The third kappa shape index (κ3) is 4.52. The molecule has 0 aliphatic heterocycles. The van der Waals surface area contributed by atoms with Gasteiger partial charge in [0.2, 0.25) is 5.91 Å². The molecule has 0 heterocycles. The van der Waals surface area contributed by atoms with Crippen molar-refractivity contribution in [3.63, 3.8) is 0 Å². The lowest BCUT2D eigenvalue weighted by atomic mass is 10.2. The van der Waals surface area contributed by atoms with E-state index in [1.54, 1.807) is 32.2 Å². The van der Waals surface area contributed by atoms with Gasteiger partial charge in [0.25, 0.3) is 0 Å². The summed E-state index contributed by atoms with van der Waals surface area (Å²) in [5.74, 6) is -0.444. The number of aromatic carboxylic acids is 1. The standard InChI is InChI=1S/C18H19NO4S/c1-12(24-16-10-6-4-8-14(16)18(21)22)17(20)19-11-13-7-3-5-9-15(13)23-2/h3-10,12H,11H2,1-2H3,(H,19,20)(H,21,22)/t12-/m0/s1. The van der Waals surface area contributed by atoms with Crippen molar-refractivity contribution >= 4 is 23.6 Å². The number of methoxy groups -OCH3 is 1. The molecule has 0 unspecified atom stereocenters. The summed E-state index contributed by atoms with van der Waals surface area (Å²) < 4.78 is 5.25. The molecule has 0 aromatic heterocycles. The second-order valence-corrected chi connectivity index (χ2v) is 6.47. The fourth-order valence-corrected chi connectivity index (χ4v) is 3.18. The van der Waals surface area contributed by atoms with E-state index < -0.39 is 11.2 Å². The van der Waals surface area contributed by atoms with Crippen LogP contribution < -0.4 is 10.1 Å². The summed E-state index contributed by atoms with van der Waals surface area (Å²) in [5, 5.41) is 11.6. The van der Waals surface area contributed by atoms with Crippen molar-refractivity contribution in [1.82, 2.24) is 5.32 Å². The van der Waals surface area contributed by atoms with Gasteiger partial charge in [-0.15, -0.1) is 11.8 Å². The van der Waals surface area contributed by atoms with Crippen LogP contribution in [-0.4, -0.2) is 29.3 Å². The minimum absolute atomic E-state index is 0.161.